The van der Waals surface area contributed by atoms with Gasteiger partial charge in [0.15, 0.2) is 0 Å². The van der Waals surface area contributed by atoms with Gasteiger partial charge in [-0.3, -0.25) is 24.0 Å². The second-order valence-corrected chi connectivity index (χ2v) is 18.2. The van der Waals surface area contributed by atoms with E-state index >= 15 is 0 Å². The Kier molecular flexibility index (Phi) is 11.8. The highest BCUT2D eigenvalue weighted by Crippen LogP contribution is 2.46. The van der Waals surface area contributed by atoms with Crippen LogP contribution in [0.5, 0.6) is 11.6 Å². The second-order valence-electron chi connectivity index (χ2n) is 16.3. The topological polar surface area (TPSA) is 185 Å². The Morgan fingerprint density at radius 3 is 2.47 bits per heavy atom. The molecule has 0 bridgehead atoms. The number of carbonyl (C=O) groups excluding carboxylic acids is 3. The molecule has 6 rings (SSSR count). The molecular weight excluding hydrogens is 772 g/mol. The molecule has 1 saturated heterocycles. The lowest BCUT2D eigenvalue weighted by atomic mass is 9.86. The van der Waals surface area contributed by atoms with Gasteiger partial charge in [0.1, 0.15) is 35.5 Å². The third-order valence-corrected chi connectivity index (χ3v) is 13.2. The van der Waals surface area contributed by atoms with Crippen molar-refractivity contribution >= 4 is 44.6 Å². The molecule has 1 aromatic heterocycles. The molecule has 14 nitrogen and oxygen atoms in total. The minimum Gasteiger partial charge on any atom is -0.491 e. The highest BCUT2D eigenvalue weighted by Gasteiger charge is 2.62. The second kappa shape index (κ2) is 16.0. The summed E-state index contributed by atoms with van der Waals surface area (Å²) in [4.78, 5) is 61.3. The summed E-state index contributed by atoms with van der Waals surface area (Å²) in [6.45, 7) is 7.48. The molecule has 3 N–H and O–H groups in total. The standard InChI is InChI=1S/C39H50F3N5O9S/c1-21(2)55-27-10-13-30-25(17-27)14-15-43-34(30)56-28-18-31-33(48)44-38(36(50)45-57(53,54)29-11-12-29)19-26(38)9-7-6-8-22(3)16-23(4)32(35(49)46(31)20-28)47(37(51)52)24(5)39(40,41)42/h7,9-10,13-15,17,21-24,26,28-29,31-32H,6,8,11-12,16,18-20H2,1-5H3,(H,44,48)(H,45,50)(H,51,52)/b9-7-/t22-,23-,24-,26-,28-,31+,32+,38-/m1/s1. The highest BCUT2D eigenvalue weighted by molar-refractivity contribution is 7.91. The Morgan fingerprint density at radius 1 is 1.11 bits per heavy atom. The van der Waals surface area contributed by atoms with Crippen molar-refractivity contribution in [2.45, 2.75) is 127 Å². The number of ether oxygens (including phenoxy) is 2. The van der Waals surface area contributed by atoms with Crippen molar-refractivity contribution in [1.29, 1.82) is 0 Å². The first-order chi connectivity index (χ1) is 26.7. The first-order valence-corrected chi connectivity index (χ1v) is 20.9. The molecule has 0 radical (unpaired) electrons. The van der Waals surface area contributed by atoms with E-state index in [1.54, 1.807) is 36.4 Å². The molecule has 312 valence electrons. The number of alkyl halides is 3. The van der Waals surface area contributed by atoms with Crippen molar-refractivity contribution < 1.29 is 55.3 Å². The van der Waals surface area contributed by atoms with Crippen LogP contribution in [0.15, 0.2) is 42.6 Å². The van der Waals surface area contributed by atoms with Gasteiger partial charge < -0.3 is 24.8 Å². The summed E-state index contributed by atoms with van der Waals surface area (Å²) < 4.78 is 82.9. The largest absolute Gasteiger partial charge is 0.491 e. The summed E-state index contributed by atoms with van der Waals surface area (Å²) in [5.74, 6) is -3.76. The predicted molar refractivity (Wildman–Crippen MR) is 202 cm³/mol. The minimum absolute atomic E-state index is 0.0649. The van der Waals surface area contributed by atoms with Gasteiger partial charge in [-0.1, -0.05) is 26.0 Å². The third-order valence-electron chi connectivity index (χ3n) is 11.3. The lowest BCUT2D eigenvalue weighted by molar-refractivity contribution is -0.184. The number of aromatic nitrogens is 1. The minimum atomic E-state index is -5.03. The fourth-order valence-electron chi connectivity index (χ4n) is 8.08. The predicted octanol–water partition coefficient (Wildman–Crippen LogP) is 5.17. The van der Waals surface area contributed by atoms with Crippen LogP contribution in [0.2, 0.25) is 0 Å². The van der Waals surface area contributed by atoms with Crippen LogP contribution in [0, 0.1) is 17.8 Å². The molecule has 2 aromatic rings. The summed E-state index contributed by atoms with van der Waals surface area (Å²) in [6, 6.07) is 1.12. The number of benzene rings is 1. The molecule has 57 heavy (non-hydrogen) atoms. The van der Waals surface area contributed by atoms with E-state index in [-0.39, 0.29) is 48.6 Å². The average Bonchev–Trinajstić information content (AvgIpc) is 4.04. The van der Waals surface area contributed by atoms with Crippen molar-refractivity contribution in [1.82, 2.24) is 24.8 Å². The SMILES string of the molecule is CC(C)Oc1ccc2c(O[C@@H]3C[C@H]4C(=O)N[C@]5(C(=O)NS(=O)(=O)C6CC6)C[C@H]5/C=C\CC[C@@H](C)C[C@@H](C)[C@H](N(C(=O)O)[C@H](C)C(F)(F)F)C(=O)N4C3)nccc2c1. The van der Waals surface area contributed by atoms with Gasteiger partial charge in [0, 0.05) is 23.9 Å². The molecular formula is C39H50F3N5O9S. The van der Waals surface area contributed by atoms with Gasteiger partial charge in [-0.25, -0.2) is 18.2 Å². The Hall–Kier alpha value is -4.61. The number of nitrogens with zero attached hydrogens (tertiary/aromatic N) is 3. The molecule has 2 aliphatic heterocycles. The van der Waals surface area contributed by atoms with Gasteiger partial charge in [-0.2, -0.15) is 13.2 Å². The zero-order chi connectivity index (χ0) is 41.6. The smallest absolute Gasteiger partial charge is 0.408 e. The van der Waals surface area contributed by atoms with Crippen LogP contribution in [0.3, 0.4) is 0 Å². The van der Waals surface area contributed by atoms with E-state index in [9.17, 15) is 45.9 Å². The number of fused-ring (bicyclic) bond motifs is 3. The van der Waals surface area contributed by atoms with E-state index in [0.29, 0.717) is 49.1 Å². The van der Waals surface area contributed by atoms with Gasteiger partial charge >= 0.3 is 12.3 Å². The molecule has 0 unspecified atom stereocenters. The number of hydrogen-bond acceptors (Lipinski definition) is 9. The van der Waals surface area contributed by atoms with E-state index in [1.165, 1.54) is 13.1 Å². The molecule has 2 aliphatic carbocycles. The number of pyridine rings is 1. The van der Waals surface area contributed by atoms with Crippen molar-refractivity contribution in [2.75, 3.05) is 6.54 Å². The number of carboxylic acid groups (broad SMARTS) is 1. The van der Waals surface area contributed by atoms with Gasteiger partial charge in [-0.15, -0.1) is 0 Å². The normalized spacial score (nSPS) is 29.6. The monoisotopic (exact) mass is 821 g/mol. The average molecular weight is 822 g/mol. The Labute approximate surface area is 329 Å². The number of rotatable bonds is 9. The van der Waals surface area contributed by atoms with E-state index in [4.69, 9.17) is 9.47 Å². The quantitative estimate of drug-likeness (QED) is 0.286. The van der Waals surface area contributed by atoms with Crippen LogP contribution in [0.25, 0.3) is 10.8 Å². The van der Waals surface area contributed by atoms with E-state index in [2.05, 4.69) is 15.0 Å². The highest BCUT2D eigenvalue weighted by atomic mass is 32.2. The number of carbonyl (C=O) groups is 4. The molecule has 18 heteroatoms. The summed E-state index contributed by atoms with van der Waals surface area (Å²) in [5.41, 5.74) is -1.69. The molecule has 4 aliphatic rings. The maximum Gasteiger partial charge on any atom is 0.408 e. The Bertz CT molecular complexity index is 2030. The zero-order valence-corrected chi connectivity index (χ0v) is 33.3. The van der Waals surface area contributed by atoms with E-state index < -0.39 is 86.9 Å². The lowest BCUT2D eigenvalue weighted by Crippen LogP contribution is -2.62. The summed E-state index contributed by atoms with van der Waals surface area (Å²) in [5, 5.41) is 13.6. The van der Waals surface area contributed by atoms with Crippen molar-refractivity contribution in [3.8, 4) is 11.6 Å². The maximum absolute atomic E-state index is 14.8. The molecule has 0 spiro atoms. The number of nitrogens with one attached hydrogen (secondary N) is 2. The first-order valence-electron chi connectivity index (χ1n) is 19.4. The summed E-state index contributed by atoms with van der Waals surface area (Å²) in [6.07, 6.45) is -1.17. The third kappa shape index (κ3) is 9.10. The fraction of sp³-hybridized carbons (Fsp3) is 0.615. The number of sulfonamides is 1. The molecule has 1 aromatic carbocycles. The van der Waals surface area contributed by atoms with Crippen molar-refractivity contribution in [3.63, 3.8) is 0 Å². The van der Waals surface area contributed by atoms with Crippen molar-refractivity contribution in [3.05, 3.63) is 42.6 Å². The molecule has 3 heterocycles. The van der Waals surface area contributed by atoms with Crippen LogP contribution in [-0.2, 0) is 24.4 Å². The maximum atomic E-state index is 14.8. The van der Waals surface area contributed by atoms with Crippen LogP contribution < -0.4 is 19.5 Å². The summed E-state index contributed by atoms with van der Waals surface area (Å²) >= 11 is 0. The van der Waals surface area contributed by atoms with Crippen LogP contribution >= 0.6 is 0 Å². The van der Waals surface area contributed by atoms with Crippen molar-refractivity contribution in [2.24, 2.45) is 17.8 Å². The molecule has 3 fully saturated rings. The number of hydrogen-bond donors (Lipinski definition) is 3. The Morgan fingerprint density at radius 2 is 1.82 bits per heavy atom. The molecule has 4 amide bonds. The molecule has 8 atom stereocenters. The van der Waals surface area contributed by atoms with Crippen LogP contribution in [0.1, 0.15) is 79.6 Å². The van der Waals surface area contributed by atoms with Crippen LogP contribution in [0.4, 0.5) is 18.0 Å². The Balaban J connectivity index is 1.39. The van der Waals surface area contributed by atoms with Gasteiger partial charge in [0.05, 0.1) is 17.9 Å². The fourth-order valence-corrected chi connectivity index (χ4v) is 9.44. The van der Waals surface area contributed by atoms with Gasteiger partial charge in [0.25, 0.3) is 5.91 Å². The number of amides is 4. The lowest BCUT2D eigenvalue weighted by Gasteiger charge is -2.40. The van der Waals surface area contributed by atoms with Gasteiger partial charge in [-0.05, 0) is 101 Å². The van der Waals surface area contributed by atoms with Gasteiger partial charge in [0.2, 0.25) is 27.7 Å². The summed E-state index contributed by atoms with van der Waals surface area (Å²) in [7, 11) is -4.01. The zero-order valence-electron chi connectivity index (χ0n) is 32.5. The first kappa shape index (κ1) is 42.0. The van der Waals surface area contributed by atoms with E-state index in [1.807, 2.05) is 20.8 Å². The van der Waals surface area contributed by atoms with Crippen LogP contribution in [-0.4, -0.2) is 106 Å². The van der Waals surface area contributed by atoms with E-state index in [0.717, 1.165) is 4.90 Å². The number of allylic oxidation sites excluding steroid dienone is 1. The number of halogens is 3. The molecule has 2 saturated carbocycles.